The van der Waals surface area contributed by atoms with Gasteiger partial charge in [0.15, 0.2) is 0 Å². The molecule has 4 aromatic rings. The minimum atomic E-state index is -0.373. The van der Waals surface area contributed by atoms with Crippen molar-refractivity contribution in [1.29, 1.82) is 0 Å². The van der Waals surface area contributed by atoms with E-state index < -0.39 is 0 Å². The molecule has 2 N–H and O–H groups in total. The van der Waals surface area contributed by atoms with E-state index in [1.807, 2.05) is 54.6 Å². The number of para-hydroxylation sites is 1. The van der Waals surface area contributed by atoms with Crippen molar-refractivity contribution >= 4 is 80.4 Å². The molecular formula is C26H22Cl4N4O. The van der Waals surface area contributed by atoms with Gasteiger partial charge in [0.1, 0.15) is 0 Å². The predicted octanol–water partition coefficient (Wildman–Crippen LogP) is 8.14. The zero-order valence-electron chi connectivity index (χ0n) is 18.6. The summed E-state index contributed by atoms with van der Waals surface area (Å²) in [6, 6.07) is 21.8. The lowest BCUT2D eigenvalue weighted by atomic mass is 10.1. The molecule has 35 heavy (non-hydrogen) atoms. The molecule has 4 rings (SSSR count). The third-order valence-electron chi connectivity index (χ3n) is 5.32. The fourth-order valence-corrected chi connectivity index (χ4v) is 4.68. The standard InChI is InChI=1S/C26H22Cl4N4O/c27-9-11-34(12-10-28)21-7-5-20(6-8-21)31-26(35)33-25-16-24(17-13-18(29)15-19(30)14-17)32-23-4-2-1-3-22(23)25/h1-8,13-16H,9-12H2,(H2,31,32,33,35). The van der Waals surface area contributed by atoms with Gasteiger partial charge >= 0.3 is 6.03 Å². The van der Waals surface area contributed by atoms with E-state index in [0.717, 1.165) is 22.2 Å². The van der Waals surface area contributed by atoms with Crippen LogP contribution >= 0.6 is 46.4 Å². The number of halogens is 4. The van der Waals surface area contributed by atoms with E-state index in [-0.39, 0.29) is 6.03 Å². The van der Waals surface area contributed by atoms with E-state index in [0.29, 0.717) is 52.0 Å². The van der Waals surface area contributed by atoms with E-state index in [1.54, 1.807) is 18.2 Å². The number of nitrogens with zero attached hydrogens (tertiary/aromatic N) is 2. The van der Waals surface area contributed by atoms with Gasteiger partial charge in [-0.05, 0) is 54.6 Å². The summed E-state index contributed by atoms with van der Waals surface area (Å²) >= 11 is 24.2. The number of carbonyl (C=O) groups excluding carboxylic acids is 1. The Labute approximate surface area is 224 Å². The lowest BCUT2D eigenvalue weighted by molar-refractivity contribution is 0.262. The van der Waals surface area contributed by atoms with Crippen LogP contribution in [-0.2, 0) is 0 Å². The van der Waals surface area contributed by atoms with Crippen molar-refractivity contribution in [3.8, 4) is 11.3 Å². The first-order chi connectivity index (χ1) is 17.0. The highest BCUT2D eigenvalue weighted by Gasteiger charge is 2.12. The lowest BCUT2D eigenvalue weighted by Gasteiger charge is -2.23. The Hall–Kier alpha value is -2.70. The second-order valence-corrected chi connectivity index (χ2v) is 9.35. The van der Waals surface area contributed by atoms with Gasteiger partial charge in [-0.25, -0.2) is 9.78 Å². The molecule has 0 aliphatic rings. The Balaban J connectivity index is 1.56. The number of nitrogens with one attached hydrogen (secondary N) is 2. The predicted molar refractivity (Wildman–Crippen MR) is 150 cm³/mol. The maximum absolute atomic E-state index is 12.9. The average molecular weight is 548 g/mol. The smallest absolute Gasteiger partial charge is 0.323 e. The van der Waals surface area contributed by atoms with Gasteiger partial charge in [0, 0.05) is 57.2 Å². The summed E-state index contributed by atoms with van der Waals surface area (Å²) < 4.78 is 0. The number of hydrogen-bond donors (Lipinski definition) is 2. The number of carbonyl (C=O) groups is 1. The van der Waals surface area contributed by atoms with Crippen LogP contribution in [0.3, 0.4) is 0 Å². The maximum atomic E-state index is 12.9. The Bertz CT molecular complexity index is 1300. The van der Waals surface area contributed by atoms with Crippen LogP contribution in [0.1, 0.15) is 0 Å². The molecule has 3 aromatic carbocycles. The topological polar surface area (TPSA) is 57.3 Å². The number of fused-ring (bicyclic) bond motifs is 1. The number of aromatic nitrogens is 1. The van der Waals surface area contributed by atoms with E-state index in [4.69, 9.17) is 51.4 Å². The van der Waals surface area contributed by atoms with E-state index in [9.17, 15) is 4.79 Å². The zero-order chi connectivity index (χ0) is 24.8. The minimum absolute atomic E-state index is 0.373. The number of benzene rings is 3. The Morgan fingerprint density at radius 3 is 2.14 bits per heavy atom. The number of amides is 2. The van der Waals surface area contributed by atoms with Crippen molar-refractivity contribution in [3.05, 3.63) is 82.8 Å². The summed E-state index contributed by atoms with van der Waals surface area (Å²) in [4.78, 5) is 19.7. The SMILES string of the molecule is O=C(Nc1ccc(N(CCCl)CCCl)cc1)Nc1cc(-c2cc(Cl)cc(Cl)c2)nc2ccccc12. The molecule has 0 radical (unpaired) electrons. The third-order valence-corrected chi connectivity index (χ3v) is 6.10. The zero-order valence-corrected chi connectivity index (χ0v) is 21.6. The molecule has 9 heteroatoms. The first-order valence-electron chi connectivity index (χ1n) is 10.9. The van der Waals surface area contributed by atoms with Crippen LogP contribution in [0.5, 0.6) is 0 Å². The lowest BCUT2D eigenvalue weighted by Crippen LogP contribution is -2.27. The molecule has 0 aliphatic carbocycles. The van der Waals surface area contributed by atoms with Crippen LogP contribution in [0.25, 0.3) is 22.2 Å². The van der Waals surface area contributed by atoms with Gasteiger partial charge in [-0.3, -0.25) is 0 Å². The van der Waals surface area contributed by atoms with Gasteiger partial charge in [0.25, 0.3) is 0 Å². The quantitative estimate of drug-likeness (QED) is 0.219. The number of pyridine rings is 1. The van der Waals surface area contributed by atoms with Crippen molar-refractivity contribution in [2.45, 2.75) is 0 Å². The number of alkyl halides is 2. The van der Waals surface area contributed by atoms with Crippen molar-refractivity contribution in [3.63, 3.8) is 0 Å². The largest absolute Gasteiger partial charge is 0.369 e. The normalized spacial score (nSPS) is 10.9. The van der Waals surface area contributed by atoms with Crippen molar-refractivity contribution in [2.75, 3.05) is 40.4 Å². The molecule has 5 nitrogen and oxygen atoms in total. The van der Waals surface area contributed by atoms with E-state index >= 15 is 0 Å². The first-order valence-corrected chi connectivity index (χ1v) is 12.7. The molecule has 0 unspecified atom stereocenters. The molecule has 1 heterocycles. The highest BCUT2D eigenvalue weighted by Crippen LogP contribution is 2.31. The monoisotopic (exact) mass is 546 g/mol. The number of urea groups is 1. The maximum Gasteiger partial charge on any atom is 0.323 e. The van der Waals surface area contributed by atoms with Gasteiger partial charge in [-0.2, -0.15) is 0 Å². The highest BCUT2D eigenvalue weighted by atomic mass is 35.5. The fraction of sp³-hybridized carbons (Fsp3) is 0.154. The van der Waals surface area contributed by atoms with Crippen molar-refractivity contribution < 1.29 is 4.79 Å². The van der Waals surface area contributed by atoms with E-state index in [2.05, 4.69) is 15.5 Å². The number of anilines is 3. The average Bonchev–Trinajstić information content (AvgIpc) is 2.84. The summed E-state index contributed by atoms with van der Waals surface area (Å²) in [6.45, 7) is 1.38. The summed E-state index contributed by atoms with van der Waals surface area (Å²) in [5, 5.41) is 7.66. The van der Waals surface area contributed by atoms with Crippen LogP contribution in [0.15, 0.2) is 72.8 Å². The van der Waals surface area contributed by atoms with Crippen molar-refractivity contribution in [1.82, 2.24) is 4.98 Å². The van der Waals surface area contributed by atoms with Gasteiger partial charge in [0.2, 0.25) is 0 Å². The molecule has 1 aromatic heterocycles. The molecular weight excluding hydrogens is 526 g/mol. The summed E-state index contributed by atoms with van der Waals surface area (Å²) in [5.74, 6) is 1.01. The molecule has 0 bridgehead atoms. The Morgan fingerprint density at radius 2 is 1.49 bits per heavy atom. The van der Waals surface area contributed by atoms with Crippen LogP contribution < -0.4 is 15.5 Å². The molecule has 0 saturated heterocycles. The van der Waals surface area contributed by atoms with Crippen LogP contribution in [0, 0.1) is 0 Å². The highest BCUT2D eigenvalue weighted by molar-refractivity contribution is 6.35. The second kappa shape index (κ2) is 11.8. The number of hydrogen-bond acceptors (Lipinski definition) is 3. The summed E-state index contributed by atoms with van der Waals surface area (Å²) in [7, 11) is 0. The van der Waals surface area contributed by atoms with Crippen molar-refractivity contribution in [2.24, 2.45) is 0 Å². The summed E-state index contributed by atoms with van der Waals surface area (Å²) in [5.41, 5.74) is 4.40. The van der Waals surface area contributed by atoms with Crippen LogP contribution in [0.4, 0.5) is 21.9 Å². The van der Waals surface area contributed by atoms with Gasteiger partial charge in [-0.15, -0.1) is 23.2 Å². The van der Waals surface area contributed by atoms with E-state index in [1.165, 1.54) is 0 Å². The van der Waals surface area contributed by atoms with Crippen LogP contribution in [0.2, 0.25) is 10.0 Å². The first kappa shape index (κ1) is 25.4. The second-order valence-electron chi connectivity index (χ2n) is 7.72. The Morgan fingerprint density at radius 1 is 0.829 bits per heavy atom. The van der Waals surface area contributed by atoms with Gasteiger partial charge in [-0.1, -0.05) is 41.4 Å². The molecule has 0 saturated carbocycles. The molecule has 0 spiro atoms. The van der Waals surface area contributed by atoms with Gasteiger partial charge < -0.3 is 15.5 Å². The van der Waals surface area contributed by atoms with Gasteiger partial charge in [0.05, 0.1) is 16.9 Å². The molecule has 0 fully saturated rings. The summed E-state index contributed by atoms with van der Waals surface area (Å²) in [6.07, 6.45) is 0. The molecule has 0 atom stereocenters. The molecule has 2 amide bonds. The van der Waals surface area contributed by atoms with Crippen LogP contribution in [-0.4, -0.2) is 35.9 Å². The molecule has 0 aliphatic heterocycles. The third kappa shape index (κ3) is 6.50. The molecule has 180 valence electrons. The fourth-order valence-electron chi connectivity index (χ4n) is 3.74. The number of rotatable bonds is 8. The Kier molecular flexibility index (Phi) is 8.58. The minimum Gasteiger partial charge on any atom is -0.369 e.